The van der Waals surface area contributed by atoms with E-state index in [1.54, 1.807) is 12.1 Å². The van der Waals surface area contributed by atoms with Gasteiger partial charge in [-0.15, -0.1) is 0 Å². The van der Waals surface area contributed by atoms with Gasteiger partial charge in [-0.3, -0.25) is 4.79 Å². The molecule has 25 heavy (non-hydrogen) atoms. The van der Waals surface area contributed by atoms with Crippen LogP contribution < -0.4 is 10.0 Å². The highest BCUT2D eigenvalue weighted by atomic mass is 32.2. The molecule has 0 bridgehead atoms. The molecule has 0 aromatic heterocycles. The Morgan fingerprint density at radius 3 is 2.44 bits per heavy atom. The number of benzene rings is 2. The predicted octanol–water partition coefficient (Wildman–Crippen LogP) is 2.59. The molecular formula is C19H24N2O3S. The monoisotopic (exact) mass is 360 g/mol. The van der Waals surface area contributed by atoms with Crippen LogP contribution in [0.25, 0.3) is 0 Å². The second-order valence-electron chi connectivity index (χ2n) is 6.27. The highest BCUT2D eigenvalue weighted by Gasteiger charge is 2.16. The molecule has 2 rings (SSSR count). The van der Waals surface area contributed by atoms with Crippen LogP contribution in [0.5, 0.6) is 0 Å². The summed E-state index contributed by atoms with van der Waals surface area (Å²) in [6.07, 6.45) is 0.723. The van der Waals surface area contributed by atoms with Crippen molar-refractivity contribution in [3.8, 4) is 0 Å². The molecule has 0 radical (unpaired) electrons. The van der Waals surface area contributed by atoms with Crippen molar-refractivity contribution in [3.63, 3.8) is 0 Å². The Morgan fingerprint density at radius 1 is 1.04 bits per heavy atom. The zero-order chi connectivity index (χ0) is 18.3. The van der Waals surface area contributed by atoms with Crippen LogP contribution in [-0.2, 0) is 16.4 Å². The molecule has 0 spiro atoms. The van der Waals surface area contributed by atoms with E-state index in [1.807, 2.05) is 44.2 Å². The van der Waals surface area contributed by atoms with Crippen LogP contribution in [0.1, 0.15) is 29.8 Å². The molecule has 0 unspecified atom stereocenters. The van der Waals surface area contributed by atoms with E-state index in [0.29, 0.717) is 18.7 Å². The van der Waals surface area contributed by atoms with Gasteiger partial charge in [-0.05, 0) is 36.1 Å². The Labute approximate surface area is 149 Å². The Balaban J connectivity index is 1.99. The van der Waals surface area contributed by atoms with Crippen molar-refractivity contribution in [1.82, 2.24) is 10.0 Å². The number of carbonyl (C=O) groups is 1. The van der Waals surface area contributed by atoms with Crippen molar-refractivity contribution < 1.29 is 13.2 Å². The van der Waals surface area contributed by atoms with Gasteiger partial charge in [0.25, 0.3) is 5.91 Å². The van der Waals surface area contributed by atoms with Crippen LogP contribution in [0.3, 0.4) is 0 Å². The average molecular weight is 360 g/mol. The summed E-state index contributed by atoms with van der Waals surface area (Å²) in [4.78, 5) is 12.4. The standard InChI is InChI=1S/C19H24N2O3S/c1-15(2)14-21-25(23,24)18-10-6-9-17(13-18)19(22)20-12-11-16-7-4-3-5-8-16/h3-10,13,15,21H,11-12,14H2,1-2H3,(H,20,22). The van der Waals surface area contributed by atoms with Gasteiger partial charge in [-0.25, -0.2) is 13.1 Å². The number of nitrogens with one attached hydrogen (secondary N) is 2. The van der Waals surface area contributed by atoms with Gasteiger partial charge in [0.05, 0.1) is 4.90 Å². The van der Waals surface area contributed by atoms with Gasteiger partial charge in [0.15, 0.2) is 0 Å². The molecule has 5 nitrogen and oxygen atoms in total. The molecule has 0 fully saturated rings. The van der Waals surface area contributed by atoms with E-state index in [-0.39, 0.29) is 16.7 Å². The summed E-state index contributed by atoms with van der Waals surface area (Å²) >= 11 is 0. The fourth-order valence-electron chi connectivity index (χ4n) is 2.23. The fourth-order valence-corrected chi connectivity index (χ4v) is 3.49. The van der Waals surface area contributed by atoms with Crippen molar-refractivity contribution in [1.29, 1.82) is 0 Å². The lowest BCUT2D eigenvalue weighted by atomic mass is 10.1. The number of sulfonamides is 1. The number of rotatable bonds is 8. The third-order valence-electron chi connectivity index (χ3n) is 3.63. The van der Waals surface area contributed by atoms with E-state index in [2.05, 4.69) is 10.0 Å². The quantitative estimate of drug-likeness (QED) is 0.760. The van der Waals surface area contributed by atoms with Gasteiger partial charge in [-0.2, -0.15) is 0 Å². The lowest BCUT2D eigenvalue weighted by molar-refractivity contribution is 0.0954. The maximum absolute atomic E-state index is 12.3. The molecule has 0 atom stereocenters. The van der Waals surface area contributed by atoms with Gasteiger partial charge >= 0.3 is 0 Å². The molecule has 2 aromatic rings. The van der Waals surface area contributed by atoms with Gasteiger partial charge in [0, 0.05) is 18.7 Å². The van der Waals surface area contributed by atoms with Crippen LogP contribution in [0, 0.1) is 5.92 Å². The second kappa shape index (κ2) is 8.78. The van der Waals surface area contributed by atoms with Gasteiger partial charge in [-0.1, -0.05) is 50.2 Å². The molecule has 0 aliphatic rings. The minimum Gasteiger partial charge on any atom is -0.352 e. The largest absolute Gasteiger partial charge is 0.352 e. The fraction of sp³-hybridized carbons (Fsp3) is 0.316. The topological polar surface area (TPSA) is 75.3 Å². The highest BCUT2D eigenvalue weighted by Crippen LogP contribution is 2.12. The molecule has 0 aliphatic heterocycles. The van der Waals surface area contributed by atoms with Gasteiger partial charge < -0.3 is 5.32 Å². The molecular weight excluding hydrogens is 336 g/mol. The predicted molar refractivity (Wildman–Crippen MR) is 98.9 cm³/mol. The van der Waals surface area contributed by atoms with Crippen LogP contribution >= 0.6 is 0 Å². The summed E-state index contributed by atoms with van der Waals surface area (Å²) in [5.74, 6) is -0.0731. The Morgan fingerprint density at radius 2 is 1.76 bits per heavy atom. The summed E-state index contributed by atoms with van der Waals surface area (Å²) in [6.45, 7) is 4.71. The summed E-state index contributed by atoms with van der Waals surface area (Å²) in [6, 6.07) is 15.9. The zero-order valence-corrected chi connectivity index (χ0v) is 15.3. The van der Waals surface area contributed by atoms with Crippen molar-refractivity contribution >= 4 is 15.9 Å². The summed E-state index contributed by atoms with van der Waals surface area (Å²) in [7, 11) is -3.60. The second-order valence-corrected chi connectivity index (χ2v) is 8.03. The van der Waals surface area contributed by atoms with Crippen molar-refractivity contribution in [2.24, 2.45) is 5.92 Å². The summed E-state index contributed by atoms with van der Waals surface area (Å²) in [5.41, 5.74) is 1.47. The van der Waals surface area contributed by atoms with Gasteiger partial charge in [0.1, 0.15) is 0 Å². The summed E-state index contributed by atoms with van der Waals surface area (Å²) < 4.78 is 27.1. The number of amides is 1. The van der Waals surface area contributed by atoms with E-state index in [0.717, 1.165) is 12.0 Å². The minimum atomic E-state index is -3.60. The SMILES string of the molecule is CC(C)CNS(=O)(=O)c1cccc(C(=O)NCCc2ccccc2)c1. The third kappa shape index (κ3) is 5.99. The van der Waals surface area contributed by atoms with Crippen LogP contribution in [0.15, 0.2) is 59.5 Å². The average Bonchev–Trinajstić information content (AvgIpc) is 2.61. The normalized spacial score (nSPS) is 11.5. The van der Waals surface area contributed by atoms with E-state index in [1.165, 1.54) is 12.1 Å². The van der Waals surface area contributed by atoms with Crippen LogP contribution in [-0.4, -0.2) is 27.4 Å². The van der Waals surface area contributed by atoms with Crippen molar-refractivity contribution in [3.05, 3.63) is 65.7 Å². The van der Waals surface area contributed by atoms with Crippen LogP contribution in [0.2, 0.25) is 0 Å². The molecule has 1 amide bonds. The zero-order valence-electron chi connectivity index (χ0n) is 14.5. The molecule has 2 aromatic carbocycles. The number of carbonyl (C=O) groups excluding carboxylic acids is 1. The van der Waals surface area contributed by atoms with Gasteiger partial charge in [0.2, 0.25) is 10.0 Å². The Bertz CT molecular complexity index is 802. The molecule has 0 heterocycles. The Hall–Kier alpha value is -2.18. The first-order valence-corrected chi connectivity index (χ1v) is 9.78. The number of hydrogen-bond donors (Lipinski definition) is 2. The van der Waals surface area contributed by atoms with Crippen LogP contribution in [0.4, 0.5) is 0 Å². The smallest absolute Gasteiger partial charge is 0.251 e. The maximum Gasteiger partial charge on any atom is 0.251 e. The number of hydrogen-bond acceptors (Lipinski definition) is 3. The molecule has 134 valence electrons. The lowest BCUT2D eigenvalue weighted by Gasteiger charge is -2.10. The van der Waals surface area contributed by atoms with E-state index < -0.39 is 10.0 Å². The first-order chi connectivity index (χ1) is 11.9. The molecule has 0 aliphatic carbocycles. The molecule has 0 saturated heterocycles. The van der Waals surface area contributed by atoms with E-state index in [9.17, 15) is 13.2 Å². The third-order valence-corrected chi connectivity index (χ3v) is 5.05. The Kier molecular flexibility index (Phi) is 6.73. The minimum absolute atomic E-state index is 0.101. The first-order valence-electron chi connectivity index (χ1n) is 8.30. The van der Waals surface area contributed by atoms with Crippen molar-refractivity contribution in [2.45, 2.75) is 25.2 Å². The highest BCUT2D eigenvalue weighted by molar-refractivity contribution is 7.89. The van der Waals surface area contributed by atoms with E-state index >= 15 is 0 Å². The summed E-state index contributed by atoms with van der Waals surface area (Å²) in [5, 5.41) is 2.82. The van der Waals surface area contributed by atoms with Crippen molar-refractivity contribution in [2.75, 3.05) is 13.1 Å². The maximum atomic E-state index is 12.3. The van der Waals surface area contributed by atoms with E-state index in [4.69, 9.17) is 0 Å². The molecule has 0 saturated carbocycles. The first kappa shape index (κ1) is 19.1. The molecule has 2 N–H and O–H groups in total. The lowest BCUT2D eigenvalue weighted by Crippen LogP contribution is -2.28. The molecule has 6 heteroatoms.